The van der Waals surface area contributed by atoms with E-state index in [1.807, 2.05) is 0 Å². The smallest absolute Gasteiger partial charge is 0.388 e. The molecule has 0 rings (SSSR count). The van der Waals surface area contributed by atoms with Crippen LogP contribution in [-0.4, -0.2) is 203 Å². The Bertz CT molecular complexity index is 960. The van der Waals surface area contributed by atoms with Crippen LogP contribution in [-0.2, 0) is 41.6 Å². The highest BCUT2D eigenvalue weighted by molar-refractivity contribution is 7.46. The maximum atomic E-state index is 10.7. The van der Waals surface area contributed by atoms with Crippen LogP contribution >= 0.6 is 43.3 Å². The van der Waals surface area contributed by atoms with Crippen molar-refractivity contribution in [2.24, 2.45) is 0 Å². The third-order valence-electron chi connectivity index (χ3n) is 4.85. The molecule has 0 aromatic carbocycles. The van der Waals surface area contributed by atoms with Crippen molar-refractivity contribution in [2.45, 2.75) is 54.9 Å². The number of rotatable bonds is 21. The van der Waals surface area contributed by atoms with Gasteiger partial charge in [0.25, 0.3) is 0 Å². The number of carbonyl (C=O) groups is 3. The first-order valence-corrected chi connectivity index (χ1v) is 16.8. The average Bonchev–Trinajstić information content (AvgIpc) is 3.00. The van der Waals surface area contributed by atoms with Gasteiger partial charge in [0.15, 0.2) is 17.3 Å². The van der Waals surface area contributed by atoms with Gasteiger partial charge in [-0.2, -0.15) is 19.8 Å². The second-order valence-electron chi connectivity index (χ2n) is 8.74. The van der Waals surface area contributed by atoms with Crippen molar-refractivity contribution in [3.63, 3.8) is 0 Å². The molecule has 304 valence electrons. The Labute approximate surface area is 287 Å². The summed E-state index contributed by atoms with van der Waals surface area (Å²) >= 11 is 0. The standard InChI is InChI=1S/3C6H13O9P.2H3P/c3*7-1-3(8)5(10)6(11)4(9)2-15-16(12,13)14;;/h3*4-7,9-11H,1-2H2,(H2,12,13,14);2*1H3. The summed E-state index contributed by atoms with van der Waals surface area (Å²) in [5.41, 5.74) is 0. The summed E-state index contributed by atoms with van der Waals surface area (Å²) in [7, 11) is -14.4. The lowest BCUT2D eigenvalue weighted by Crippen LogP contribution is -2.45. The number of ketones is 3. The third kappa shape index (κ3) is 29.2. The predicted molar refractivity (Wildman–Crippen MR) is 167 cm³/mol. The summed E-state index contributed by atoms with van der Waals surface area (Å²) in [5, 5.41) is 107. The van der Waals surface area contributed by atoms with Gasteiger partial charge in [0.2, 0.25) is 0 Å². The molecule has 0 spiro atoms. The lowest BCUT2D eigenvalue weighted by Gasteiger charge is -2.21. The average molecular weight is 848 g/mol. The molecule has 0 bridgehead atoms. The molecule has 27 nitrogen and oxygen atoms in total. The lowest BCUT2D eigenvalue weighted by molar-refractivity contribution is -0.143. The minimum atomic E-state index is -4.81. The van der Waals surface area contributed by atoms with Crippen molar-refractivity contribution in [1.82, 2.24) is 0 Å². The van der Waals surface area contributed by atoms with Gasteiger partial charge in [-0.3, -0.25) is 28.0 Å². The summed E-state index contributed by atoms with van der Waals surface area (Å²) < 4.78 is 42.2. The molecule has 0 heterocycles. The van der Waals surface area contributed by atoms with Crippen LogP contribution in [0.15, 0.2) is 0 Å². The van der Waals surface area contributed by atoms with Crippen molar-refractivity contribution in [2.75, 3.05) is 39.6 Å². The maximum absolute atomic E-state index is 10.7. The summed E-state index contributed by atoms with van der Waals surface area (Å²) in [6, 6.07) is 0. The number of aliphatic hydroxyl groups is 12. The van der Waals surface area contributed by atoms with Gasteiger partial charge in [0, 0.05) is 0 Å². The summed E-state index contributed by atoms with van der Waals surface area (Å²) in [6.45, 7) is -6.03. The van der Waals surface area contributed by atoms with Crippen LogP contribution in [0.2, 0.25) is 0 Å². The van der Waals surface area contributed by atoms with Gasteiger partial charge in [-0.25, -0.2) is 13.7 Å². The highest BCUT2D eigenvalue weighted by Crippen LogP contribution is 2.37. The van der Waals surface area contributed by atoms with E-state index < -0.39 is 135 Å². The van der Waals surface area contributed by atoms with E-state index >= 15 is 0 Å². The summed E-state index contributed by atoms with van der Waals surface area (Å²) in [5.74, 6) is -3.41. The molecular formula is C18H45O27P5. The van der Waals surface area contributed by atoms with Crippen LogP contribution in [0.4, 0.5) is 0 Å². The molecule has 0 saturated carbocycles. The zero-order valence-electron chi connectivity index (χ0n) is 25.4. The predicted octanol–water partition coefficient (Wildman–Crippen LogP) is -9.66. The number of carbonyl (C=O) groups excluding carboxylic acids is 3. The minimum absolute atomic E-state index is 0. The molecule has 0 aromatic heterocycles. The Kier molecular flexibility index (Phi) is 33.3. The zero-order chi connectivity index (χ0) is 38.8. The molecule has 0 aliphatic rings. The van der Waals surface area contributed by atoms with Crippen LogP contribution < -0.4 is 0 Å². The van der Waals surface area contributed by atoms with Gasteiger partial charge < -0.3 is 90.6 Å². The molecule has 11 unspecified atom stereocenters. The number of hydrogen-bond donors (Lipinski definition) is 18. The fourth-order valence-corrected chi connectivity index (χ4v) is 3.34. The van der Waals surface area contributed by atoms with Gasteiger partial charge in [-0.1, -0.05) is 0 Å². The molecule has 18 N–H and O–H groups in total. The molecule has 11 atom stereocenters. The minimum Gasteiger partial charge on any atom is -0.388 e. The van der Waals surface area contributed by atoms with Crippen molar-refractivity contribution < 1.29 is 132 Å². The molecular weight excluding hydrogens is 803 g/mol. The largest absolute Gasteiger partial charge is 0.469 e. The Hall–Kier alpha value is -0.280. The van der Waals surface area contributed by atoms with Gasteiger partial charge in [0.05, 0.1) is 19.8 Å². The Morgan fingerprint density at radius 3 is 0.700 bits per heavy atom. The summed E-state index contributed by atoms with van der Waals surface area (Å²) in [6.07, 6.45) is -17.8. The first kappa shape index (κ1) is 59.0. The molecule has 0 amide bonds. The van der Waals surface area contributed by atoms with Crippen molar-refractivity contribution in [1.29, 1.82) is 0 Å². The van der Waals surface area contributed by atoms with E-state index in [9.17, 15) is 28.1 Å². The van der Waals surface area contributed by atoms with Crippen LogP contribution in [0.5, 0.6) is 0 Å². The SMILES string of the molecule is O=C(CO)C(O)C(O)C(O)COP(=O)(O)O.O=C(CO)C(O)C(O)C(O)COP(=O)(O)O.O=C(CO)C(O)C(O)C(O)COP(=O)(O)O.P.P. The number of aliphatic hydroxyl groups excluding tert-OH is 12. The fourth-order valence-electron chi connectivity index (χ4n) is 2.30. The van der Waals surface area contributed by atoms with Crippen LogP contribution in [0, 0.1) is 0 Å². The second-order valence-corrected chi connectivity index (χ2v) is 12.5. The van der Waals surface area contributed by atoms with E-state index in [0.29, 0.717) is 0 Å². The first-order valence-electron chi connectivity index (χ1n) is 12.2. The number of phosphoric acid groups is 3. The van der Waals surface area contributed by atoms with Crippen molar-refractivity contribution in [3.05, 3.63) is 0 Å². The Morgan fingerprint density at radius 2 is 0.580 bits per heavy atom. The van der Waals surface area contributed by atoms with E-state index in [1.54, 1.807) is 0 Å². The highest BCUT2D eigenvalue weighted by atomic mass is 31.2. The van der Waals surface area contributed by atoms with Crippen molar-refractivity contribution in [3.8, 4) is 0 Å². The number of phosphoric ester groups is 3. The molecule has 0 aromatic rings. The molecule has 0 saturated heterocycles. The second kappa shape index (κ2) is 28.2. The molecule has 0 aliphatic carbocycles. The van der Waals surface area contributed by atoms with E-state index in [0.717, 1.165) is 0 Å². The van der Waals surface area contributed by atoms with Gasteiger partial charge in [-0.15, -0.1) is 0 Å². The van der Waals surface area contributed by atoms with E-state index in [2.05, 4.69) is 13.6 Å². The van der Waals surface area contributed by atoms with E-state index in [-0.39, 0.29) is 19.8 Å². The molecule has 0 aliphatic heterocycles. The first-order chi connectivity index (χ1) is 21.6. The molecule has 0 fully saturated rings. The van der Waals surface area contributed by atoms with E-state index in [4.69, 9.17) is 90.6 Å². The summed E-state index contributed by atoms with van der Waals surface area (Å²) in [4.78, 5) is 81.7. The van der Waals surface area contributed by atoms with Crippen LogP contribution in [0.25, 0.3) is 0 Å². The highest BCUT2D eigenvalue weighted by Gasteiger charge is 2.33. The van der Waals surface area contributed by atoms with Crippen LogP contribution in [0.3, 0.4) is 0 Å². The maximum Gasteiger partial charge on any atom is 0.469 e. The molecule has 0 radical (unpaired) electrons. The van der Waals surface area contributed by atoms with Crippen molar-refractivity contribution >= 4 is 60.6 Å². The quantitative estimate of drug-likeness (QED) is 0.0477. The third-order valence-corrected chi connectivity index (χ3v) is 6.31. The van der Waals surface area contributed by atoms with Gasteiger partial charge >= 0.3 is 23.5 Å². The number of Topliss-reactive ketones (excluding diaryl/α,β-unsaturated/α-hetero) is 3. The van der Waals surface area contributed by atoms with Gasteiger partial charge in [0.1, 0.15) is 74.8 Å². The number of hydrogen-bond acceptors (Lipinski definition) is 21. The fraction of sp³-hybridized carbons (Fsp3) is 0.833. The van der Waals surface area contributed by atoms with E-state index in [1.165, 1.54) is 0 Å². The molecule has 32 heteroatoms. The normalized spacial score (nSPS) is 17.2. The van der Waals surface area contributed by atoms with Gasteiger partial charge in [-0.05, 0) is 0 Å². The van der Waals surface area contributed by atoms with Crippen LogP contribution in [0.1, 0.15) is 0 Å². The Balaban J connectivity index is -0.000000199. The monoisotopic (exact) mass is 848 g/mol. The Morgan fingerprint density at radius 1 is 0.420 bits per heavy atom. The topological polar surface area (TPSA) is 494 Å². The lowest BCUT2D eigenvalue weighted by atomic mass is 10.1. The molecule has 50 heavy (non-hydrogen) atoms. The zero-order valence-corrected chi connectivity index (χ0v) is 30.9.